The number of ether oxygens (including phenoxy) is 5. The highest BCUT2D eigenvalue weighted by Gasteiger charge is 2.43. The summed E-state index contributed by atoms with van der Waals surface area (Å²) in [7, 11) is 4.48. The first-order valence-corrected chi connectivity index (χ1v) is 44.7. The van der Waals surface area contributed by atoms with Gasteiger partial charge in [0.25, 0.3) is 19.3 Å². The molecule has 13 heterocycles. The van der Waals surface area contributed by atoms with Crippen molar-refractivity contribution in [2.24, 2.45) is 21.1 Å². The number of nitrogens with two attached hydrogens (primary N) is 1. The number of hydrogen-bond donors (Lipinski definition) is 3. The Kier molecular flexibility index (Phi) is 25.4. The van der Waals surface area contributed by atoms with E-state index >= 15 is 0 Å². The van der Waals surface area contributed by atoms with Gasteiger partial charge in [-0.3, -0.25) is 38.5 Å². The number of hydrogen-bond acceptors (Lipinski definition) is 22. The van der Waals surface area contributed by atoms with Crippen LogP contribution in [0.2, 0.25) is 0 Å². The van der Waals surface area contributed by atoms with E-state index in [1.807, 2.05) is 93.2 Å². The normalized spacial score (nSPS) is 15.8. The number of carbonyl (C=O) groups excluding carboxylic acids is 4. The number of fused-ring (bicyclic) bond motifs is 9. The number of nitriles is 1. The second-order valence-electron chi connectivity index (χ2n) is 32.5. The fourth-order valence-electron chi connectivity index (χ4n) is 16.8. The van der Waals surface area contributed by atoms with E-state index < -0.39 is 70.8 Å². The number of amides is 8. The van der Waals surface area contributed by atoms with Crippen molar-refractivity contribution in [3.8, 4) is 29.5 Å². The largest absolute Gasteiger partial charge is 0.497 e. The number of carbonyl (C=O) groups is 4. The molecule has 4 aliphatic heterocycles. The van der Waals surface area contributed by atoms with Crippen LogP contribution in [0.25, 0.3) is 53.8 Å². The molecule has 21 rings (SSSR count). The molecule has 0 unspecified atom stereocenters. The third-order valence-electron chi connectivity index (χ3n) is 23.2. The molecule has 712 valence electrons. The molecule has 0 atom stereocenters. The van der Waals surface area contributed by atoms with Crippen molar-refractivity contribution >= 4 is 180 Å². The van der Waals surface area contributed by atoms with Gasteiger partial charge in [0.1, 0.15) is 41.6 Å². The number of nitrogens with one attached hydrogen (secondary N) is 2. The lowest BCUT2D eigenvalue weighted by atomic mass is 9.91. The summed E-state index contributed by atoms with van der Waals surface area (Å²) in [4.78, 5) is 96.4. The number of aromatic nitrogens is 13. The van der Waals surface area contributed by atoms with Crippen LogP contribution in [0, 0.1) is 11.3 Å². The van der Waals surface area contributed by atoms with Crippen molar-refractivity contribution < 1.29 is 86.5 Å². The van der Waals surface area contributed by atoms with Crippen molar-refractivity contribution in [1.82, 2.24) is 64.2 Å². The molecule has 0 spiro atoms. The molecule has 7 aromatic carbocycles. The predicted octanol–water partition coefficient (Wildman–Crippen LogP) is 20.3. The highest BCUT2D eigenvalue weighted by molar-refractivity contribution is 9.10. The second kappa shape index (κ2) is 39.4. The molecule has 9 aromatic heterocycles. The van der Waals surface area contributed by atoms with Crippen LogP contribution in [0.5, 0.6) is 23.4 Å². The van der Waals surface area contributed by atoms with Crippen molar-refractivity contribution in [2.45, 2.75) is 89.5 Å². The van der Waals surface area contributed by atoms with E-state index in [9.17, 15) is 64.0 Å². The Morgan fingerprint density at radius 3 is 1.47 bits per heavy atom. The number of aromatic amines is 1. The molecule has 16 aromatic rings. The van der Waals surface area contributed by atoms with Gasteiger partial charge < -0.3 is 39.7 Å². The zero-order valence-electron chi connectivity index (χ0n) is 76.8. The van der Waals surface area contributed by atoms with E-state index in [0.29, 0.717) is 63.0 Å². The molecule has 1 saturated carbocycles. The average molecular weight is 1990 g/mol. The molecular weight excluding hydrogens is 1900 g/mol. The molecule has 33 nitrogen and oxygen atoms in total. The molecule has 0 bridgehead atoms. The minimum atomic E-state index is -4.54. The van der Waals surface area contributed by atoms with Crippen LogP contribution in [0.1, 0.15) is 57.6 Å². The van der Waals surface area contributed by atoms with E-state index in [4.69, 9.17) is 33.5 Å². The second-order valence-corrected chi connectivity index (χ2v) is 34.3. The number of urea groups is 4. The first-order chi connectivity index (χ1) is 68.1. The summed E-state index contributed by atoms with van der Waals surface area (Å²) in [5, 5.41) is 28.0. The standard InChI is InChI=1S/C26H19F2N7O2.C24H27F2N5O3.C23H21F3N8O2.C22H15BrF2N4O2S/c1-33-12-16-8-18(3-5-21(16)32-33)34-13-15-2-7-24(37-14-23(27)28)31-25(15)35(26(34)36)19-4-6-22-20(9-19)17(10-29)11-30-22;1-29-12-16-11-18(6-9-20(16)28-29)30-13-15-3-10-22(34-14-21(25)26)27-23(15)31(24(30)32)17-4-7-19(33-2)8-5-17;1-32-10-13-9-15(5-8-18(13)31-32)33-11-17-19(27)29-21(28-12-23(24,25)26)30-20(17)34(22(33)35)14-3-6-16(36-2)7-4-14;23-14-2-4-15(5-3-14)29-21-13(1-8-20(27-21)31-11-19(24)25)10-28(22(29)30)16-6-7-17-18(9-16)32-12-26-17/h2-9,11-12,23,30H,13-14H2,1H3;3,6,9-12,17,19,21H,4-5,7-8,13-14H2,1-2H3;3-10H,11-12H2,1-2H3,(H3,27,28,29,30);1-9,12,19H,10-11H2/i;;2D3;. The monoisotopic (exact) mass is 1990 g/mol. The van der Waals surface area contributed by atoms with Gasteiger partial charge >= 0.3 is 30.3 Å². The summed E-state index contributed by atoms with van der Waals surface area (Å²) in [6.07, 6.45) is -1.85. The summed E-state index contributed by atoms with van der Waals surface area (Å²) in [6, 6.07) is 50.8. The number of alkyl halides is 9. The van der Waals surface area contributed by atoms with Crippen LogP contribution in [0.3, 0.4) is 0 Å². The topological polar surface area (TPSA) is 349 Å². The zero-order valence-corrected chi connectivity index (χ0v) is 76.2. The maximum absolute atomic E-state index is 14.0. The number of thiazole rings is 1. The van der Waals surface area contributed by atoms with Crippen molar-refractivity contribution in [2.75, 3.05) is 90.8 Å². The molecule has 8 amide bonds. The summed E-state index contributed by atoms with van der Waals surface area (Å²) >= 11 is 4.91. The lowest BCUT2D eigenvalue weighted by Gasteiger charge is -2.42. The van der Waals surface area contributed by atoms with E-state index in [2.05, 4.69) is 77.5 Å². The number of benzene rings is 7. The van der Waals surface area contributed by atoms with Gasteiger partial charge in [0, 0.05) is 148 Å². The van der Waals surface area contributed by atoms with E-state index in [1.165, 1.54) is 61.3 Å². The zero-order chi connectivity index (χ0) is 99.9. The summed E-state index contributed by atoms with van der Waals surface area (Å²) in [5.74, 6) is 0.733. The van der Waals surface area contributed by atoms with Crippen molar-refractivity contribution in [3.05, 3.63) is 239 Å². The van der Waals surface area contributed by atoms with E-state index in [-0.39, 0.29) is 96.4 Å². The van der Waals surface area contributed by atoms with Crippen molar-refractivity contribution in [1.29, 1.82) is 5.26 Å². The fourth-order valence-corrected chi connectivity index (χ4v) is 17.8. The highest BCUT2D eigenvalue weighted by Crippen LogP contribution is 2.46. The first kappa shape index (κ1) is 89.6. The summed E-state index contributed by atoms with van der Waals surface area (Å²) < 4.78 is 169. The minimum Gasteiger partial charge on any atom is -0.497 e. The van der Waals surface area contributed by atoms with Gasteiger partial charge in [0.05, 0.1) is 104 Å². The molecular formula is C95H82BrF9N24O9S. The number of methoxy groups -OCH3 is 2. The number of anilines is 13. The molecule has 44 heteroatoms. The molecule has 0 radical (unpaired) electrons. The molecule has 4 N–H and O–H groups in total. The number of H-pyrrole nitrogens is 1. The van der Waals surface area contributed by atoms with E-state index in [0.717, 1.165) is 101 Å². The van der Waals surface area contributed by atoms with Gasteiger partial charge in [-0.1, -0.05) is 15.9 Å². The van der Waals surface area contributed by atoms with Crippen LogP contribution in [-0.4, -0.2) is 166 Å². The van der Waals surface area contributed by atoms with Crippen LogP contribution >= 0.6 is 27.3 Å². The van der Waals surface area contributed by atoms with E-state index in [1.54, 1.807) is 145 Å². The number of nitrogens with zero attached hydrogens (tertiary/aromatic N) is 21. The average Bonchev–Trinajstić information content (AvgIpc) is 1.01. The fraction of sp³-hybridized carbons (Fsp3) is 0.242. The van der Waals surface area contributed by atoms with Crippen LogP contribution in [-0.2, 0) is 52.1 Å². The summed E-state index contributed by atoms with van der Waals surface area (Å²) in [6.45, 7) is -2.94. The third-order valence-corrected chi connectivity index (χ3v) is 24.6. The SMILES string of the molecule is COC1CCC(N2C(=O)N(c3ccc4nn(C)cc4c3)Cc3ccc(OCC(F)F)nc32)CC1.Cn1cc2cc(N3Cc4ccc(OCC(F)F)nc4N(c4ccc5[nH]cc(C#N)c5c4)C3=O)ccc2n1.O=C1N(c2ccc3ncsc3c2)Cc2ccc(OCC(F)F)nc2N1c1ccc(Br)cc1.[2H]C([2H])([2H])Oc1ccc(N2C(=O)N(c3ccc4nn(C)cc4c3)Cc3c(N)nc(NCC(F)(F)F)nc32)cc1. The Morgan fingerprint density at radius 1 is 0.532 bits per heavy atom. The van der Waals surface area contributed by atoms with Gasteiger partial charge in [-0.15, -0.1) is 11.3 Å². The van der Waals surface area contributed by atoms with Gasteiger partial charge in [0.15, 0.2) is 25.6 Å². The maximum Gasteiger partial charge on any atom is 0.405 e. The molecule has 1 aliphatic carbocycles. The summed E-state index contributed by atoms with van der Waals surface area (Å²) in [5.41, 5.74) is 18.9. The highest BCUT2D eigenvalue weighted by atomic mass is 79.9. The van der Waals surface area contributed by atoms with Crippen LogP contribution in [0.15, 0.2) is 211 Å². The minimum absolute atomic E-state index is 0.0116. The van der Waals surface area contributed by atoms with Crippen molar-refractivity contribution in [3.63, 3.8) is 0 Å². The smallest absolute Gasteiger partial charge is 0.405 e. The quantitative estimate of drug-likeness (QED) is 0.0563. The number of nitrogen functional groups attached to an aromatic ring is 1. The molecule has 0 saturated heterocycles. The molecule has 1 fully saturated rings. The third kappa shape index (κ3) is 20.1. The molecule has 5 aliphatic rings. The number of rotatable bonds is 21. The Morgan fingerprint density at radius 2 is 0.978 bits per heavy atom. The maximum atomic E-state index is 14.0. The number of pyridine rings is 3. The van der Waals surface area contributed by atoms with Gasteiger partial charge in [-0.2, -0.15) is 58.6 Å². The van der Waals surface area contributed by atoms with Gasteiger partial charge in [0.2, 0.25) is 23.6 Å². The lowest BCUT2D eigenvalue weighted by Crippen LogP contribution is -2.53. The Hall–Kier alpha value is -15.9. The predicted molar refractivity (Wildman–Crippen MR) is 508 cm³/mol. The lowest BCUT2D eigenvalue weighted by molar-refractivity contribution is -0.115. The Balaban J connectivity index is 0.000000125. The van der Waals surface area contributed by atoms with Crippen LogP contribution in [0.4, 0.5) is 134 Å². The molecule has 139 heavy (non-hydrogen) atoms. The number of halogens is 10. The van der Waals surface area contributed by atoms with Crippen LogP contribution < -0.4 is 69.2 Å². The Labute approximate surface area is 801 Å². The van der Waals surface area contributed by atoms with Gasteiger partial charge in [-0.25, -0.2) is 65.2 Å². The van der Waals surface area contributed by atoms with Gasteiger partial charge in [-0.05, 0) is 183 Å². The first-order valence-electron chi connectivity index (χ1n) is 44.5. The number of aryl methyl sites for hydroxylation is 3. The Bertz CT molecular complexity index is 7520.